The van der Waals surface area contributed by atoms with Gasteiger partial charge in [-0.1, -0.05) is 31.4 Å². The SMILES string of the molecule is CN(C1CCCCC1)S(=O)(=O)N1CCN(Cc2cccc(N)c2)CC1. The molecule has 1 aromatic carbocycles. The van der Waals surface area contributed by atoms with Crippen molar-refractivity contribution in [3.05, 3.63) is 29.8 Å². The van der Waals surface area contributed by atoms with Gasteiger partial charge in [0.1, 0.15) is 0 Å². The molecule has 0 atom stereocenters. The molecule has 1 heterocycles. The van der Waals surface area contributed by atoms with Crippen molar-refractivity contribution in [2.24, 2.45) is 0 Å². The zero-order valence-electron chi connectivity index (χ0n) is 15.1. The highest BCUT2D eigenvalue weighted by Gasteiger charge is 2.34. The lowest BCUT2D eigenvalue weighted by Gasteiger charge is -2.38. The molecular formula is C18H30N4O2S. The maximum atomic E-state index is 12.9. The zero-order chi connectivity index (χ0) is 17.9. The molecule has 3 rings (SSSR count). The normalized spacial score (nSPS) is 21.7. The standard InChI is InChI=1S/C18H30N4O2S/c1-20(18-8-3-2-4-9-18)25(23,24)22-12-10-21(11-13-22)15-16-6-5-7-17(19)14-16/h5-7,14,18H,2-4,8-13,15,19H2,1H3. The Hall–Kier alpha value is -1.15. The molecule has 140 valence electrons. The van der Waals surface area contributed by atoms with Crippen molar-refractivity contribution in [1.29, 1.82) is 0 Å². The van der Waals surface area contributed by atoms with E-state index in [1.807, 2.05) is 18.2 Å². The Morgan fingerprint density at radius 1 is 1.12 bits per heavy atom. The van der Waals surface area contributed by atoms with Gasteiger partial charge in [-0.2, -0.15) is 17.0 Å². The van der Waals surface area contributed by atoms with Crippen LogP contribution in [0.25, 0.3) is 0 Å². The fourth-order valence-electron chi connectivity index (χ4n) is 3.88. The van der Waals surface area contributed by atoms with E-state index in [-0.39, 0.29) is 6.04 Å². The lowest BCUT2D eigenvalue weighted by atomic mass is 9.96. The first-order chi connectivity index (χ1) is 12.0. The average Bonchev–Trinajstić information content (AvgIpc) is 2.62. The van der Waals surface area contributed by atoms with Crippen LogP contribution in [-0.4, -0.2) is 61.2 Å². The number of benzene rings is 1. The summed E-state index contributed by atoms with van der Waals surface area (Å²) in [6.45, 7) is 3.44. The van der Waals surface area contributed by atoms with Crippen LogP contribution in [0.1, 0.15) is 37.7 Å². The molecule has 2 N–H and O–H groups in total. The largest absolute Gasteiger partial charge is 0.399 e. The van der Waals surface area contributed by atoms with Gasteiger partial charge in [-0.15, -0.1) is 0 Å². The lowest BCUT2D eigenvalue weighted by Crippen LogP contribution is -2.54. The van der Waals surface area contributed by atoms with E-state index >= 15 is 0 Å². The summed E-state index contributed by atoms with van der Waals surface area (Å²) in [6.07, 6.45) is 5.49. The predicted octanol–water partition coefficient (Wildman–Crippen LogP) is 1.90. The number of anilines is 1. The summed E-state index contributed by atoms with van der Waals surface area (Å²) in [4.78, 5) is 2.29. The van der Waals surface area contributed by atoms with Crippen LogP contribution in [0.4, 0.5) is 5.69 Å². The van der Waals surface area contributed by atoms with Crippen molar-refractivity contribution in [2.45, 2.75) is 44.7 Å². The Balaban J connectivity index is 1.55. The summed E-state index contributed by atoms with van der Waals surface area (Å²) in [5, 5.41) is 0. The zero-order valence-corrected chi connectivity index (χ0v) is 15.9. The van der Waals surface area contributed by atoms with E-state index in [1.54, 1.807) is 15.7 Å². The van der Waals surface area contributed by atoms with Gasteiger partial charge < -0.3 is 5.73 Å². The second kappa shape index (κ2) is 8.03. The van der Waals surface area contributed by atoms with Gasteiger partial charge in [-0.05, 0) is 30.5 Å². The van der Waals surface area contributed by atoms with Crippen LogP contribution in [0.5, 0.6) is 0 Å². The molecule has 6 nitrogen and oxygen atoms in total. The van der Waals surface area contributed by atoms with Crippen molar-refractivity contribution in [3.8, 4) is 0 Å². The highest BCUT2D eigenvalue weighted by Crippen LogP contribution is 2.25. The van der Waals surface area contributed by atoms with Crippen LogP contribution >= 0.6 is 0 Å². The van der Waals surface area contributed by atoms with Crippen molar-refractivity contribution in [3.63, 3.8) is 0 Å². The molecule has 1 aromatic rings. The molecule has 0 spiro atoms. The summed E-state index contributed by atoms with van der Waals surface area (Å²) in [7, 11) is -1.59. The van der Waals surface area contributed by atoms with E-state index in [0.717, 1.165) is 51.0 Å². The molecule has 1 aliphatic carbocycles. The summed E-state index contributed by atoms with van der Waals surface area (Å²) in [6, 6.07) is 8.07. The molecule has 1 aliphatic heterocycles. The van der Waals surface area contributed by atoms with Crippen LogP contribution in [0.3, 0.4) is 0 Å². The van der Waals surface area contributed by atoms with Gasteiger partial charge >= 0.3 is 0 Å². The van der Waals surface area contributed by atoms with Gasteiger partial charge in [-0.25, -0.2) is 0 Å². The number of nitrogen functional groups attached to an aromatic ring is 1. The molecule has 7 heteroatoms. The van der Waals surface area contributed by atoms with Gasteiger partial charge in [0.05, 0.1) is 0 Å². The third-order valence-electron chi connectivity index (χ3n) is 5.47. The Morgan fingerprint density at radius 3 is 2.44 bits per heavy atom. The van der Waals surface area contributed by atoms with E-state index in [9.17, 15) is 8.42 Å². The maximum absolute atomic E-state index is 12.9. The Bertz CT molecular complexity index is 665. The third-order valence-corrected chi connectivity index (χ3v) is 7.51. The number of hydrogen-bond donors (Lipinski definition) is 1. The minimum Gasteiger partial charge on any atom is -0.399 e. The van der Waals surface area contributed by atoms with Crippen molar-refractivity contribution in [1.82, 2.24) is 13.5 Å². The minimum atomic E-state index is -3.34. The molecule has 25 heavy (non-hydrogen) atoms. The van der Waals surface area contributed by atoms with Crippen LogP contribution < -0.4 is 5.73 Å². The maximum Gasteiger partial charge on any atom is 0.282 e. The third kappa shape index (κ3) is 4.53. The van der Waals surface area contributed by atoms with Crippen LogP contribution in [-0.2, 0) is 16.8 Å². The van der Waals surface area contributed by atoms with E-state index < -0.39 is 10.2 Å². The van der Waals surface area contributed by atoms with Gasteiger partial charge in [0.25, 0.3) is 10.2 Å². The molecule has 1 saturated heterocycles. The molecule has 0 amide bonds. The van der Waals surface area contributed by atoms with E-state index in [2.05, 4.69) is 11.0 Å². The average molecular weight is 367 g/mol. The van der Waals surface area contributed by atoms with Crippen molar-refractivity contribution >= 4 is 15.9 Å². The molecule has 0 aromatic heterocycles. The Morgan fingerprint density at radius 2 is 1.80 bits per heavy atom. The summed E-state index contributed by atoms with van der Waals surface area (Å²) in [5.41, 5.74) is 7.78. The second-order valence-electron chi connectivity index (χ2n) is 7.24. The van der Waals surface area contributed by atoms with Crippen LogP contribution in [0, 0.1) is 0 Å². The molecule has 2 fully saturated rings. The molecule has 0 radical (unpaired) electrons. The molecule has 2 aliphatic rings. The van der Waals surface area contributed by atoms with Crippen LogP contribution in [0.2, 0.25) is 0 Å². The van der Waals surface area contributed by atoms with E-state index in [0.29, 0.717) is 13.1 Å². The minimum absolute atomic E-state index is 0.170. The summed E-state index contributed by atoms with van der Waals surface area (Å²) >= 11 is 0. The smallest absolute Gasteiger partial charge is 0.282 e. The number of nitrogens with zero attached hydrogens (tertiary/aromatic N) is 3. The highest BCUT2D eigenvalue weighted by atomic mass is 32.2. The van der Waals surface area contributed by atoms with Gasteiger partial charge in [-0.3, -0.25) is 4.90 Å². The number of nitrogens with two attached hydrogens (primary N) is 1. The fourth-order valence-corrected chi connectivity index (χ4v) is 5.46. The van der Waals surface area contributed by atoms with Crippen molar-refractivity contribution < 1.29 is 8.42 Å². The number of rotatable bonds is 5. The summed E-state index contributed by atoms with van der Waals surface area (Å²) in [5.74, 6) is 0. The lowest BCUT2D eigenvalue weighted by molar-refractivity contribution is 0.170. The topological polar surface area (TPSA) is 69.9 Å². The quantitative estimate of drug-likeness (QED) is 0.808. The van der Waals surface area contributed by atoms with Gasteiger partial charge in [0.2, 0.25) is 0 Å². The van der Waals surface area contributed by atoms with Gasteiger partial charge in [0, 0.05) is 51.5 Å². The highest BCUT2D eigenvalue weighted by molar-refractivity contribution is 7.86. The molecule has 0 bridgehead atoms. The predicted molar refractivity (Wildman–Crippen MR) is 101 cm³/mol. The molecule has 0 unspecified atom stereocenters. The number of hydrogen-bond acceptors (Lipinski definition) is 4. The van der Waals surface area contributed by atoms with Gasteiger partial charge in [0.15, 0.2) is 0 Å². The first-order valence-electron chi connectivity index (χ1n) is 9.27. The van der Waals surface area contributed by atoms with E-state index in [1.165, 1.54) is 12.0 Å². The molecular weight excluding hydrogens is 336 g/mol. The first kappa shape index (κ1) is 18.6. The summed E-state index contributed by atoms with van der Waals surface area (Å²) < 4.78 is 29.1. The van der Waals surface area contributed by atoms with Crippen LogP contribution in [0.15, 0.2) is 24.3 Å². The Labute approximate surface area is 151 Å². The van der Waals surface area contributed by atoms with Crippen molar-refractivity contribution in [2.75, 3.05) is 39.0 Å². The second-order valence-corrected chi connectivity index (χ2v) is 9.22. The van der Waals surface area contributed by atoms with E-state index in [4.69, 9.17) is 5.73 Å². The molecule has 1 saturated carbocycles. The number of piperazine rings is 1. The first-order valence-corrected chi connectivity index (χ1v) is 10.7. The monoisotopic (exact) mass is 366 g/mol. The fraction of sp³-hybridized carbons (Fsp3) is 0.667. The Kier molecular flexibility index (Phi) is 5.99.